The molecule has 2 aliphatic rings. The minimum Gasteiger partial charge on any atom is -0.381 e. The SMILES string of the molecule is CCCNC1CC(OC2CCOCC2)C1(C)C. The van der Waals surface area contributed by atoms with Crippen LogP contribution in [0.3, 0.4) is 0 Å². The van der Waals surface area contributed by atoms with Gasteiger partial charge in [0.15, 0.2) is 0 Å². The van der Waals surface area contributed by atoms with E-state index in [2.05, 4.69) is 26.1 Å². The Balaban J connectivity index is 1.75. The second kappa shape index (κ2) is 5.68. The monoisotopic (exact) mass is 241 g/mol. The van der Waals surface area contributed by atoms with Gasteiger partial charge in [-0.1, -0.05) is 20.8 Å². The first kappa shape index (κ1) is 13.3. The van der Waals surface area contributed by atoms with E-state index in [1.165, 1.54) is 12.8 Å². The Morgan fingerprint density at radius 1 is 1.29 bits per heavy atom. The quantitative estimate of drug-likeness (QED) is 0.801. The lowest BCUT2D eigenvalue weighted by Gasteiger charge is -2.53. The molecule has 0 amide bonds. The molecular weight excluding hydrogens is 214 g/mol. The van der Waals surface area contributed by atoms with Crippen LogP contribution in [0.4, 0.5) is 0 Å². The van der Waals surface area contributed by atoms with E-state index in [1.807, 2.05) is 0 Å². The zero-order valence-corrected chi connectivity index (χ0v) is 11.5. The minimum absolute atomic E-state index is 0.285. The average Bonchev–Trinajstić information content (AvgIpc) is 2.34. The van der Waals surface area contributed by atoms with Crippen LogP contribution in [-0.2, 0) is 9.47 Å². The summed E-state index contributed by atoms with van der Waals surface area (Å²) >= 11 is 0. The van der Waals surface area contributed by atoms with Crippen molar-refractivity contribution in [1.29, 1.82) is 0 Å². The summed E-state index contributed by atoms with van der Waals surface area (Å²) in [6, 6.07) is 0.632. The number of ether oxygens (including phenoxy) is 2. The molecule has 3 heteroatoms. The summed E-state index contributed by atoms with van der Waals surface area (Å²) in [7, 11) is 0. The molecule has 2 rings (SSSR count). The predicted molar refractivity (Wildman–Crippen MR) is 69.2 cm³/mol. The predicted octanol–water partition coefficient (Wildman–Crippen LogP) is 2.35. The summed E-state index contributed by atoms with van der Waals surface area (Å²) in [6.07, 6.45) is 5.38. The van der Waals surface area contributed by atoms with Crippen LogP contribution >= 0.6 is 0 Å². The van der Waals surface area contributed by atoms with Crippen molar-refractivity contribution in [3.05, 3.63) is 0 Å². The largest absolute Gasteiger partial charge is 0.381 e. The number of hydrogen-bond donors (Lipinski definition) is 1. The normalized spacial score (nSPS) is 33.4. The third kappa shape index (κ3) is 3.01. The summed E-state index contributed by atoms with van der Waals surface area (Å²) in [5, 5.41) is 3.62. The van der Waals surface area contributed by atoms with E-state index in [4.69, 9.17) is 9.47 Å². The van der Waals surface area contributed by atoms with Gasteiger partial charge < -0.3 is 14.8 Å². The van der Waals surface area contributed by atoms with Crippen LogP contribution in [0.5, 0.6) is 0 Å². The van der Waals surface area contributed by atoms with Crippen molar-refractivity contribution in [3.63, 3.8) is 0 Å². The Labute approximate surface area is 105 Å². The van der Waals surface area contributed by atoms with Crippen LogP contribution in [-0.4, -0.2) is 38.0 Å². The van der Waals surface area contributed by atoms with E-state index in [1.54, 1.807) is 0 Å². The van der Waals surface area contributed by atoms with Gasteiger partial charge in [-0.25, -0.2) is 0 Å². The van der Waals surface area contributed by atoms with Crippen LogP contribution in [0, 0.1) is 5.41 Å². The number of rotatable bonds is 5. The molecule has 1 aliphatic carbocycles. The zero-order valence-electron chi connectivity index (χ0n) is 11.5. The highest BCUT2D eigenvalue weighted by molar-refractivity contribution is 5.03. The molecule has 1 saturated carbocycles. The van der Waals surface area contributed by atoms with Gasteiger partial charge in [0.05, 0.1) is 12.2 Å². The van der Waals surface area contributed by atoms with E-state index < -0.39 is 0 Å². The third-order valence-electron chi connectivity index (χ3n) is 4.34. The number of hydrogen-bond acceptors (Lipinski definition) is 3. The van der Waals surface area contributed by atoms with Gasteiger partial charge in [0.25, 0.3) is 0 Å². The lowest BCUT2D eigenvalue weighted by Crippen LogP contribution is -2.61. The Morgan fingerprint density at radius 2 is 2.00 bits per heavy atom. The van der Waals surface area contributed by atoms with Gasteiger partial charge in [-0.2, -0.15) is 0 Å². The fourth-order valence-corrected chi connectivity index (χ4v) is 2.83. The molecule has 1 saturated heterocycles. The Bertz CT molecular complexity index is 236. The molecule has 2 unspecified atom stereocenters. The first-order chi connectivity index (χ1) is 8.14. The van der Waals surface area contributed by atoms with Gasteiger partial charge in [0, 0.05) is 24.7 Å². The highest BCUT2D eigenvalue weighted by Crippen LogP contribution is 2.43. The second-order valence-corrected chi connectivity index (χ2v) is 6.00. The fraction of sp³-hybridized carbons (Fsp3) is 1.00. The fourth-order valence-electron chi connectivity index (χ4n) is 2.83. The molecule has 0 aromatic rings. The molecule has 17 heavy (non-hydrogen) atoms. The average molecular weight is 241 g/mol. The van der Waals surface area contributed by atoms with Crippen LogP contribution in [0.25, 0.3) is 0 Å². The van der Waals surface area contributed by atoms with Crippen molar-refractivity contribution in [2.75, 3.05) is 19.8 Å². The van der Waals surface area contributed by atoms with Crippen molar-refractivity contribution in [1.82, 2.24) is 5.32 Å². The van der Waals surface area contributed by atoms with Crippen LogP contribution in [0.15, 0.2) is 0 Å². The smallest absolute Gasteiger partial charge is 0.0659 e. The van der Waals surface area contributed by atoms with E-state index in [0.717, 1.165) is 32.6 Å². The first-order valence-electron chi connectivity index (χ1n) is 7.11. The molecule has 1 heterocycles. The second-order valence-electron chi connectivity index (χ2n) is 6.00. The van der Waals surface area contributed by atoms with Gasteiger partial charge in [-0.05, 0) is 32.2 Å². The molecule has 100 valence electrons. The van der Waals surface area contributed by atoms with Gasteiger partial charge >= 0.3 is 0 Å². The maximum atomic E-state index is 6.23. The van der Waals surface area contributed by atoms with E-state index in [0.29, 0.717) is 18.2 Å². The van der Waals surface area contributed by atoms with Crippen molar-refractivity contribution in [2.45, 2.75) is 64.7 Å². The molecule has 1 aliphatic heterocycles. The summed E-state index contributed by atoms with van der Waals surface area (Å²) in [4.78, 5) is 0. The van der Waals surface area contributed by atoms with Crippen LogP contribution in [0.2, 0.25) is 0 Å². The molecule has 2 atom stereocenters. The summed E-state index contributed by atoms with van der Waals surface area (Å²) in [5.41, 5.74) is 0.285. The van der Waals surface area contributed by atoms with Crippen LogP contribution < -0.4 is 5.32 Å². The van der Waals surface area contributed by atoms with Crippen molar-refractivity contribution >= 4 is 0 Å². The standard InChI is InChI=1S/C14H27NO2/c1-4-7-15-12-10-13(14(12,2)3)17-11-5-8-16-9-6-11/h11-13,15H,4-10H2,1-3H3. The maximum absolute atomic E-state index is 6.23. The lowest BCUT2D eigenvalue weighted by atomic mass is 9.64. The minimum atomic E-state index is 0.285. The maximum Gasteiger partial charge on any atom is 0.0659 e. The van der Waals surface area contributed by atoms with Crippen molar-refractivity contribution in [2.24, 2.45) is 5.41 Å². The highest BCUT2D eigenvalue weighted by Gasteiger charge is 2.49. The van der Waals surface area contributed by atoms with Gasteiger partial charge in [-0.15, -0.1) is 0 Å². The molecule has 1 N–H and O–H groups in total. The first-order valence-corrected chi connectivity index (χ1v) is 7.11. The molecule has 0 aromatic heterocycles. The molecule has 2 fully saturated rings. The third-order valence-corrected chi connectivity index (χ3v) is 4.34. The van der Waals surface area contributed by atoms with Crippen molar-refractivity contribution in [3.8, 4) is 0 Å². The topological polar surface area (TPSA) is 30.5 Å². The van der Waals surface area contributed by atoms with Crippen molar-refractivity contribution < 1.29 is 9.47 Å². The molecular formula is C14H27NO2. The van der Waals surface area contributed by atoms with Gasteiger partial charge in [0.1, 0.15) is 0 Å². The van der Waals surface area contributed by atoms with Crippen LogP contribution in [0.1, 0.15) is 46.5 Å². The highest BCUT2D eigenvalue weighted by atomic mass is 16.5. The molecule has 0 radical (unpaired) electrons. The number of nitrogens with one attached hydrogen (secondary N) is 1. The molecule has 0 aromatic carbocycles. The summed E-state index contributed by atoms with van der Waals surface area (Å²) in [6.45, 7) is 9.74. The van der Waals surface area contributed by atoms with E-state index in [9.17, 15) is 0 Å². The lowest BCUT2D eigenvalue weighted by molar-refractivity contribution is -0.164. The summed E-state index contributed by atoms with van der Waals surface area (Å²) < 4.78 is 11.6. The van der Waals surface area contributed by atoms with Gasteiger partial charge in [-0.3, -0.25) is 0 Å². The van der Waals surface area contributed by atoms with E-state index >= 15 is 0 Å². The molecule has 0 bridgehead atoms. The molecule has 0 spiro atoms. The van der Waals surface area contributed by atoms with Gasteiger partial charge in [0.2, 0.25) is 0 Å². The molecule has 3 nitrogen and oxygen atoms in total. The van der Waals surface area contributed by atoms with E-state index in [-0.39, 0.29) is 5.41 Å². The Kier molecular flexibility index (Phi) is 4.45. The summed E-state index contributed by atoms with van der Waals surface area (Å²) in [5.74, 6) is 0. The Hall–Kier alpha value is -0.120. The zero-order chi connectivity index (χ0) is 12.3. The Morgan fingerprint density at radius 3 is 2.59 bits per heavy atom.